The molecule has 0 fully saturated rings. The molecule has 1 atom stereocenters. The van der Waals surface area contributed by atoms with Crippen LogP contribution in [0, 0.1) is 0 Å². The Morgan fingerprint density at radius 3 is 2.50 bits per heavy atom. The first-order chi connectivity index (χ1) is 11.2. The average Bonchev–Trinajstić information content (AvgIpc) is 2.85. The van der Waals surface area contributed by atoms with Gasteiger partial charge in [-0.2, -0.15) is 0 Å². The standard InChI is InChI=1S/C19H21NO4/c1-18(2,3)24-17(23)20-19(16(21)22)10-13-9-8-12-6-4-5-7-14(12)15(13)11-19/h4-9H,10-11H2,1-3H3,(H,20,23)(H,21,22). The van der Waals surface area contributed by atoms with E-state index in [1.165, 1.54) is 0 Å². The van der Waals surface area contributed by atoms with Gasteiger partial charge < -0.3 is 15.2 Å². The Morgan fingerprint density at radius 2 is 1.83 bits per heavy atom. The molecule has 1 aliphatic carbocycles. The molecule has 3 rings (SSSR count). The fraction of sp³-hybridized carbons (Fsp3) is 0.368. The molecule has 1 unspecified atom stereocenters. The molecule has 0 spiro atoms. The number of carboxylic acid groups (broad SMARTS) is 1. The molecule has 1 amide bonds. The average molecular weight is 327 g/mol. The molecule has 0 saturated carbocycles. The smallest absolute Gasteiger partial charge is 0.408 e. The Balaban J connectivity index is 1.95. The molecular weight excluding hydrogens is 306 g/mol. The lowest BCUT2D eigenvalue weighted by Crippen LogP contribution is -2.56. The lowest BCUT2D eigenvalue weighted by Gasteiger charge is -2.28. The van der Waals surface area contributed by atoms with Crippen molar-refractivity contribution < 1.29 is 19.4 Å². The van der Waals surface area contributed by atoms with Gasteiger partial charge in [0.2, 0.25) is 0 Å². The number of carbonyl (C=O) groups excluding carboxylic acids is 1. The lowest BCUT2D eigenvalue weighted by molar-refractivity contribution is -0.144. The molecule has 5 nitrogen and oxygen atoms in total. The number of hydrogen-bond acceptors (Lipinski definition) is 3. The van der Waals surface area contributed by atoms with E-state index in [9.17, 15) is 14.7 Å². The third kappa shape index (κ3) is 2.94. The number of amides is 1. The van der Waals surface area contributed by atoms with Gasteiger partial charge in [0.25, 0.3) is 0 Å². The minimum Gasteiger partial charge on any atom is -0.479 e. The lowest BCUT2D eigenvalue weighted by atomic mass is 9.95. The summed E-state index contributed by atoms with van der Waals surface area (Å²) in [4.78, 5) is 24.1. The highest BCUT2D eigenvalue weighted by Gasteiger charge is 2.46. The third-order valence-electron chi connectivity index (χ3n) is 4.26. The van der Waals surface area contributed by atoms with Gasteiger partial charge in [-0.05, 0) is 42.7 Å². The van der Waals surface area contributed by atoms with Crippen LogP contribution in [0.15, 0.2) is 36.4 Å². The number of nitrogens with one attached hydrogen (secondary N) is 1. The van der Waals surface area contributed by atoms with E-state index in [1.807, 2.05) is 36.4 Å². The molecule has 2 N–H and O–H groups in total. The molecule has 5 heteroatoms. The van der Waals surface area contributed by atoms with Crippen LogP contribution < -0.4 is 5.32 Å². The van der Waals surface area contributed by atoms with E-state index >= 15 is 0 Å². The van der Waals surface area contributed by atoms with Crippen LogP contribution in [0.1, 0.15) is 31.9 Å². The first-order valence-corrected chi connectivity index (χ1v) is 7.94. The van der Waals surface area contributed by atoms with Gasteiger partial charge in [-0.3, -0.25) is 0 Å². The van der Waals surface area contributed by atoms with Gasteiger partial charge in [0, 0.05) is 12.8 Å². The second-order valence-corrected chi connectivity index (χ2v) is 7.29. The molecule has 0 heterocycles. The molecule has 1 aliphatic rings. The monoisotopic (exact) mass is 327 g/mol. The van der Waals surface area contributed by atoms with Crippen LogP contribution in [-0.2, 0) is 22.4 Å². The molecule has 0 aliphatic heterocycles. The maximum atomic E-state index is 12.1. The van der Waals surface area contributed by atoms with Crippen molar-refractivity contribution in [2.45, 2.75) is 44.8 Å². The largest absolute Gasteiger partial charge is 0.479 e. The van der Waals surface area contributed by atoms with Gasteiger partial charge in [0.1, 0.15) is 11.1 Å². The Labute approximate surface area is 140 Å². The van der Waals surface area contributed by atoms with Crippen molar-refractivity contribution in [2.24, 2.45) is 0 Å². The van der Waals surface area contributed by atoms with E-state index in [4.69, 9.17) is 4.74 Å². The van der Waals surface area contributed by atoms with Gasteiger partial charge in [-0.25, -0.2) is 9.59 Å². The number of carboxylic acids is 1. The quantitative estimate of drug-likeness (QED) is 0.887. The van der Waals surface area contributed by atoms with E-state index in [-0.39, 0.29) is 12.8 Å². The van der Waals surface area contributed by atoms with Crippen molar-refractivity contribution in [1.82, 2.24) is 5.32 Å². The Hall–Kier alpha value is -2.56. The van der Waals surface area contributed by atoms with E-state index in [1.54, 1.807) is 20.8 Å². The highest BCUT2D eigenvalue weighted by atomic mass is 16.6. The molecule has 2 aromatic rings. The Kier molecular flexibility index (Phi) is 3.74. The summed E-state index contributed by atoms with van der Waals surface area (Å²) >= 11 is 0. The summed E-state index contributed by atoms with van der Waals surface area (Å²) in [5.41, 5.74) is -0.116. The van der Waals surface area contributed by atoms with Crippen LogP contribution in [-0.4, -0.2) is 28.3 Å². The maximum absolute atomic E-state index is 12.1. The number of alkyl carbamates (subject to hydrolysis) is 1. The third-order valence-corrected chi connectivity index (χ3v) is 4.26. The van der Waals surface area contributed by atoms with Crippen molar-refractivity contribution in [1.29, 1.82) is 0 Å². The summed E-state index contributed by atoms with van der Waals surface area (Å²) in [5, 5.41) is 14.5. The summed E-state index contributed by atoms with van der Waals surface area (Å²) in [7, 11) is 0. The Morgan fingerprint density at radius 1 is 1.12 bits per heavy atom. The number of benzene rings is 2. The zero-order valence-electron chi connectivity index (χ0n) is 14.1. The van der Waals surface area contributed by atoms with Crippen molar-refractivity contribution in [3.05, 3.63) is 47.5 Å². The molecule has 0 aromatic heterocycles. The van der Waals surface area contributed by atoms with Crippen LogP contribution in [0.3, 0.4) is 0 Å². The number of fused-ring (bicyclic) bond motifs is 3. The van der Waals surface area contributed by atoms with Crippen LogP contribution in [0.25, 0.3) is 10.8 Å². The highest BCUT2D eigenvalue weighted by molar-refractivity contribution is 5.92. The van der Waals surface area contributed by atoms with E-state index < -0.39 is 23.2 Å². The van der Waals surface area contributed by atoms with E-state index in [2.05, 4.69) is 5.32 Å². The van der Waals surface area contributed by atoms with E-state index in [0.29, 0.717) is 0 Å². The number of ether oxygens (including phenoxy) is 1. The van der Waals surface area contributed by atoms with E-state index in [0.717, 1.165) is 21.9 Å². The van der Waals surface area contributed by atoms with Crippen molar-refractivity contribution in [2.75, 3.05) is 0 Å². The molecule has 126 valence electrons. The molecule has 0 saturated heterocycles. The van der Waals surface area contributed by atoms with Crippen LogP contribution in [0.5, 0.6) is 0 Å². The normalized spacial score (nSPS) is 19.8. The van der Waals surface area contributed by atoms with Crippen LogP contribution >= 0.6 is 0 Å². The fourth-order valence-electron chi connectivity index (χ4n) is 3.24. The summed E-state index contributed by atoms with van der Waals surface area (Å²) < 4.78 is 5.25. The zero-order chi connectivity index (χ0) is 17.5. The predicted octanol–water partition coefficient (Wildman–Crippen LogP) is 3.29. The molecule has 2 aromatic carbocycles. The van der Waals surface area contributed by atoms with Gasteiger partial charge >= 0.3 is 12.1 Å². The second-order valence-electron chi connectivity index (χ2n) is 7.29. The number of hydrogen-bond donors (Lipinski definition) is 2. The Bertz CT molecular complexity index is 822. The molecule has 0 bridgehead atoms. The van der Waals surface area contributed by atoms with Gasteiger partial charge in [0.15, 0.2) is 0 Å². The van der Waals surface area contributed by atoms with Crippen molar-refractivity contribution in [3.63, 3.8) is 0 Å². The molecule has 0 radical (unpaired) electrons. The number of carbonyl (C=O) groups is 2. The van der Waals surface area contributed by atoms with Crippen molar-refractivity contribution in [3.8, 4) is 0 Å². The zero-order valence-corrected chi connectivity index (χ0v) is 14.1. The van der Waals surface area contributed by atoms with Crippen LogP contribution in [0.2, 0.25) is 0 Å². The molecular formula is C19H21NO4. The first-order valence-electron chi connectivity index (χ1n) is 7.94. The molecule has 24 heavy (non-hydrogen) atoms. The minimum atomic E-state index is -1.37. The SMILES string of the molecule is CC(C)(C)OC(=O)NC1(C(=O)O)Cc2ccc3ccccc3c2C1. The van der Waals surface area contributed by atoms with Gasteiger partial charge in [-0.15, -0.1) is 0 Å². The topological polar surface area (TPSA) is 75.6 Å². The first kappa shape index (κ1) is 16.3. The summed E-state index contributed by atoms with van der Waals surface area (Å²) in [6, 6.07) is 11.8. The van der Waals surface area contributed by atoms with Gasteiger partial charge in [-0.1, -0.05) is 36.4 Å². The number of rotatable bonds is 2. The van der Waals surface area contributed by atoms with Crippen molar-refractivity contribution >= 4 is 22.8 Å². The minimum absolute atomic E-state index is 0.248. The second kappa shape index (κ2) is 5.51. The fourth-order valence-corrected chi connectivity index (χ4v) is 3.24. The van der Waals surface area contributed by atoms with Crippen LogP contribution in [0.4, 0.5) is 4.79 Å². The predicted molar refractivity (Wildman–Crippen MR) is 91.1 cm³/mol. The maximum Gasteiger partial charge on any atom is 0.408 e. The highest BCUT2D eigenvalue weighted by Crippen LogP contribution is 2.35. The summed E-state index contributed by atoms with van der Waals surface area (Å²) in [6.07, 6.45) is -0.206. The number of aliphatic carboxylic acids is 1. The van der Waals surface area contributed by atoms with Gasteiger partial charge in [0.05, 0.1) is 0 Å². The summed E-state index contributed by atoms with van der Waals surface area (Å²) in [6.45, 7) is 5.24. The summed E-state index contributed by atoms with van der Waals surface area (Å²) in [5.74, 6) is -1.05.